The van der Waals surface area contributed by atoms with Crippen molar-refractivity contribution in [3.05, 3.63) is 34.9 Å². The van der Waals surface area contributed by atoms with E-state index in [0.29, 0.717) is 17.1 Å². The van der Waals surface area contributed by atoms with Crippen molar-refractivity contribution in [2.24, 2.45) is 5.92 Å². The highest BCUT2D eigenvalue weighted by atomic mass is 35.5. The van der Waals surface area contributed by atoms with Crippen molar-refractivity contribution in [1.82, 2.24) is 5.32 Å². The summed E-state index contributed by atoms with van der Waals surface area (Å²) in [6.45, 7) is 0.518. The number of carbonyl (C=O) groups excluding carboxylic acids is 2. The Hall–Kier alpha value is -1.40. The maximum absolute atomic E-state index is 11.9. The molecule has 24 heavy (non-hydrogen) atoms. The molecule has 0 aromatic heterocycles. The Kier molecular flexibility index (Phi) is 6.80. The van der Waals surface area contributed by atoms with Crippen molar-refractivity contribution in [3.8, 4) is 0 Å². The highest BCUT2D eigenvalue weighted by Crippen LogP contribution is 2.22. The van der Waals surface area contributed by atoms with Crippen molar-refractivity contribution in [2.75, 3.05) is 18.1 Å². The first kappa shape index (κ1) is 18.9. The van der Waals surface area contributed by atoms with E-state index in [1.807, 2.05) is 0 Å². The second-order valence-corrected chi connectivity index (χ2v) is 8.86. The molecule has 132 valence electrons. The average Bonchev–Trinajstić information content (AvgIpc) is 2.89. The van der Waals surface area contributed by atoms with Crippen LogP contribution in [0.4, 0.5) is 0 Å². The summed E-state index contributed by atoms with van der Waals surface area (Å²) in [5, 5.41) is 3.35. The lowest BCUT2D eigenvalue weighted by Crippen LogP contribution is -2.25. The number of carbonyl (C=O) groups is 2. The largest absolute Gasteiger partial charge is 0.356 e. The summed E-state index contributed by atoms with van der Waals surface area (Å²) in [7, 11) is -2.83. The zero-order chi connectivity index (χ0) is 17.6. The molecule has 1 aromatic rings. The van der Waals surface area contributed by atoms with Gasteiger partial charge in [0.25, 0.3) is 0 Å². The van der Waals surface area contributed by atoms with E-state index in [4.69, 9.17) is 11.6 Å². The smallest absolute Gasteiger partial charge is 0.220 e. The van der Waals surface area contributed by atoms with Gasteiger partial charge in [-0.2, -0.15) is 0 Å². The van der Waals surface area contributed by atoms with Gasteiger partial charge in [-0.25, -0.2) is 8.42 Å². The first-order chi connectivity index (χ1) is 11.4. The normalized spacial score (nSPS) is 19.1. The predicted molar refractivity (Wildman–Crippen MR) is 94.0 cm³/mol. The molecule has 1 aromatic carbocycles. The summed E-state index contributed by atoms with van der Waals surface area (Å²) >= 11 is 5.77. The van der Waals surface area contributed by atoms with E-state index in [9.17, 15) is 18.0 Å². The second kappa shape index (κ2) is 8.62. The van der Waals surface area contributed by atoms with E-state index >= 15 is 0 Å². The molecule has 1 amide bonds. The molecule has 1 aliphatic heterocycles. The molecule has 1 saturated heterocycles. The van der Waals surface area contributed by atoms with E-state index in [2.05, 4.69) is 5.32 Å². The van der Waals surface area contributed by atoms with Crippen molar-refractivity contribution in [1.29, 1.82) is 0 Å². The van der Waals surface area contributed by atoms with E-state index in [1.54, 1.807) is 24.3 Å². The molecule has 1 unspecified atom stereocenters. The molecule has 5 nitrogen and oxygen atoms in total. The van der Waals surface area contributed by atoms with E-state index in [-0.39, 0.29) is 42.0 Å². The monoisotopic (exact) mass is 371 g/mol. The van der Waals surface area contributed by atoms with Crippen LogP contribution in [0.5, 0.6) is 0 Å². The number of ketones is 1. The molecule has 0 aliphatic carbocycles. The van der Waals surface area contributed by atoms with Crippen molar-refractivity contribution in [3.63, 3.8) is 0 Å². The Morgan fingerprint density at radius 2 is 1.88 bits per heavy atom. The molecule has 1 aliphatic rings. The number of benzene rings is 1. The lowest BCUT2D eigenvalue weighted by Gasteiger charge is -2.08. The number of hydrogen-bond acceptors (Lipinski definition) is 4. The van der Waals surface area contributed by atoms with Crippen LogP contribution in [0.3, 0.4) is 0 Å². The van der Waals surface area contributed by atoms with Crippen LogP contribution in [-0.2, 0) is 14.6 Å². The number of Topliss-reactive ketones (excluding diaryl/α,β-unsaturated/α-hetero) is 1. The number of rotatable bonds is 8. The summed E-state index contributed by atoms with van der Waals surface area (Å²) in [4.78, 5) is 23.7. The highest BCUT2D eigenvalue weighted by molar-refractivity contribution is 7.91. The minimum atomic E-state index is -2.83. The lowest BCUT2D eigenvalue weighted by molar-refractivity contribution is -0.121. The summed E-state index contributed by atoms with van der Waals surface area (Å²) in [6, 6.07) is 6.60. The topological polar surface area (TPSA) is 80.3 Å². The maximum Gasteiger partial charge on any atom is 0.220 e. The first-order valence-electron chi connectivity index (χ1n) is 8.11. The minimum absolute atomic E-state index is 0.0852. The third-order valence-corrected chi connectivity index (χ3v) is 6.27. The minimum Gasteiger partial charge on any atom is -0.356 e. The molecule has 1 atom stereocenters. The molecule has 1 heterocycles. The van der Waals surface area contributed by atoms with Gasteiger partial charge in [0, 0.05) is 30.0 Å². The molecule has 0 spiro atoms. The second-order valence-electron chi connectivity index (χ2n) is 6.19. The third-order valence-electron chi connectivity index (χ3n) is 4.18. The Bertz CT molecular complexity index is 685. The Balaban J connectivity index is 1.60. The van der Waals surface area contributed by atoms with Gasteiger partial charge in [-0.15, -0.1) is 0 Å². The molecule has 0 bridgehead atoms. The van der Waals surface area contributed by atoms with E-state index in [0.717, 1.165) is 19.3 Å². The fraction of sp³-hybridized carbons (Fsp3) is 0.529. The maximum atomic E-state index is 11.9. The van der Waals surface area contributed by atoms with E-state index < -0.39 is 9.84 Å². The zero-order valence-corrected chi connectivity index (χ0v) is 15.0. The fourth-order valence-corrected chi connectivity index (χ4v) is 4.85. The average molecular weight is 372 g/mol. The molecule has 2 rings (SSSR count). The van der Waals surface area contributed by atoms with Gasteiger partial charge in [0.05, 0.1) is 11.5 Å². The van der Waals surface area contributed by atoms with Gasteiger partial charge in [0.1, 0.15) is 0 Å². The van der Waals surface area contributed by atoms with Gasteiger partial charge in [0.15, 0.2) is 15.6 Å². The van der Waals surface area contributed by atoms with Crippen LogP contribution in [0.1, 0.15) is 42.5 Å². The molecular formula is C17H22ClNO4S. The molecule has 7 heteroatoms. The van der Waals surface area contributed by atoms with Crippen LogP contribution in [0.25, 0.3) is 0 Å². The summed E-state index contributed by atoms with van der Waals surface area (Å²) in [5.41, 5.74) is 0.551. The summed E-state index contributed by atoms with van der Waals surface area (Å²) < 4.78 is 22.7. The number of hydrogen-bond donors (Lipinski definition) is 1. The van der Waals surface area contributed by atoms with Crippen LogP contribution in [-0.4, -0.2) is 38.2 Å². The Morgan fingerprint density at radius 3 is 2.50 bits per heavy atom. The summed E-state index contributed by atoms with van der Waals surface area (Å²) in [5.74, 6) is 0.542. The Morgan fingerprint density at radius 1 is 1.17 bits per heavy atom. The quantitative estimate of drug-likeness (QED) is 0.562. The Labute approximate surface area is 147 Å². The SMILES string of the molecule is O=C(CCC(=O)c1ccc(Cl)cc1)NCCCC1CCS(=O)(=O)C1. The van der Waals surface area contributed by atoms with Gasteiger partial charge in [-0.05, 0) is 49.4 Å². The van der Waals surface area contributed by atoms with Crippen LogP contribution in [0.2, 0.25) is 5.02 Å². The van der Waals surface area contributed by atoms with Gasteiger partial charge in [-0.3, -0.25) is 9.59 Å². The molecular weight excluding hydrogens is 350 g/mol. The molecule has 0 radical (unpaired) electrons. The van der Waals surface area contributed by atoms with Crippen molar-refractivity contribution >= 4 is 33.1 Å². The molecule has 0 saturated carbocycles. The van der Waals surface area contributed by atoms with Gasteiger partial charge in [0.2, 0.25) is 5.91 Å². The van der Waals surface area contributed by atoms with Crippen LogP contribution in [0, 0.1) is 5.92 Å². The van der Waals surface area contributed by atoms with E-state index in [1.165, 1.54) is 0 Å². The first-order valence-corrected chi connectivity index (χ1v) is 10.3. The zero-order valence-electron chi connectivity index (χ0n) is 13.5. The van der Waals surface area contributed by atoms with Crippen LogP contribution in [0.15, 0.2) is 24.3 Å². The lowest BCUT2D eigenvalue weighted by atomic mass is 10.0. The van der Waals surface area contributed by atoms with Crippen molar-refractivity contribution < 1.29 is 18.0 Å². The predicted octanol–water partition coefficient (Wildman–Crippen LogP) is 2.63. The number of sulfone groups is 1. The van der Waals surface area contributed by atoms with Crippen LogP contribution >= 0.6 is 11.6 Å². The van der Waals surface area contributed by atoms with Crippen LogP contribution < -0.4 is 5.32 Å². The third kappa shape index (κ3) is 6.24. The molecule has 1 fully saturated rings. The van der Waals surface area contributed by atoms with Gasteiger partial charge in [-0.1, -0.05) is 11.6 Å². The standard InChI is InChI=1S/C17H22ClNO4S/c18-15-5-3-14(4-6-15)16(20)7-8-17(21)19-10-1-2-13-9-11-24(22,23)12-13/h3-6,13H,1-2,7-12H2,(H,19,21). The van der Waals surface area contributed by atoms with Gasteiger partial charge < -0.3 is 5.32 Å². The number of nitrogens with one attached hydrogen (secondary N) is 1. The van der Waals surface area contributed by atoms with Crippen molar-refractivity contribution in [2.45, 2.75) is 32.1 Å². The number of halogens is 1. The fourth-order valence-electron chi connectivity index (χ4n) is 2.81. The molecule has 1 N–H and O–H groups in total. The number of amides is 1. The summed E-state index contributed by atoms with van der Waals surface area (Å²) in [6.07, 6.45) is 2.61. The van der Waals surface area contributed by atoms with Gasteiger partial charge >= 0.3 is 0 Å². The highest BCUT2D eigenvalue weighted by Gasteiger charge is 2.27.